The van der Waals surface area contributed by atoms with Crippen LogP contribution in [0.3, 0.4) is 0 Å². The third-order valence-electron chi connectivity index (χ3n) is 4.67. The molecule has 1 saturated carbocycles. The third kappa shape index (κ3) is 4.49. The summed E-state index contributed by atoms with van der Waals surface area (Å²) in [6.07, 6.45) is 6.80. The zero-order valence-electron chi connectivity index (χ0n) is 14.1. The molecule has 1 N–H and O–H groups in total. The van der Waals surface area contributed by atoms with Crippen molar-refractivity contribution >= 4 is 5.91 Å². The van der Waals surface area contributed by atoms with E-state index in [-0.39, 0.29) is 11.8 Å². The topological polar surface area (TPSA) is 38.3 Å². The number of ether oxygens (including phenoxy) is 1. The molecular weight excluding hydrogens is 274 g/mol. The van der Waals surface area contributed by atoms with Crippen LogP contribution in [0.2, 0.25) is 0 Å². The molecule has 0 bridgehead atoms. The van der Waals surface area contributed by atoms with Gasteiger partial charge in [0.05, 0.1) is 7.11 Å². The van der Waals surface area contributed by atoms with Gasteiger partial charge in [-0.1, -0.05) is 45.2 Å². The molecule has 22 heavy (non-hydrogen) atoms. The fourth-order valence-corrected chi connectivity index (χ4v) is 3.03. The van der Waals surface area contributed by atoms with Crippen molar-refractivity contribution in [2.45, 2.75) is 64.3 Å². The lowest BCUT2D eigenvalue weighted by atomic mass is 10.1. The van der Waals surface area contributed by atoms with Crippen molar-refractivity contribution < 1.29 is 9.53 Å². The summed E-state index contributed by atoms with van der Waals surface area (Å²) in [5, 5.41) is 3.25. The zero-order chi connectivity index (χ0) is 15.9. The summed E-state index contributed by atoms with van der Waals surface area (Å²) in [5.41, 5.74) is 1.25. The first-order valence-corrected chi connectivity index (χ1v) is 8.63. The number of benzene rings is 1. The number of methoxy groups -OCH3 is 1. The van der Waals surface area contributed by atoms with Crippen molar-refractivity contribution in [1.82, 2.24) is 5.32 Å². The van der Waals surface area contributed by atoms with Crippen LogP contribution in [0.25, 0.3) is 0 Å². The normalized spacial score (nSPS) is 21.2. The van der Waals surface area contributed by atoms with E-state index in [0.717, 1.165) is 25.0 Å². The Morgan fingerprint density at radius 3 is 2.59 bits per heavy atom. The Labute approximate surface area is 134 Å². The maximum absolute atomic E-state index is 12.4. The molecule has 0 aromatic heterocycles. The summed E-state index contributed by atoms with van der Waals surface area (Å²) >= 11 is 0. The highest BCUT2D eigenvalue weighted by Gasteiger charge is 2.44. The molecule has 3 heteroatoms. The molecule has 2 rings (SSSR count). The molecule has 3 nitrogen and oxygen atoms in total. The van der Waals surface area contributed by atoms with E-state index in [1.807, 2.05) is 12.1 Å². The largest absolute Gasteiger partial charge is 0.497 e. The molecule has 3 atom stereocenters. The molecule has 0 saturated heterocycles. The van der Waals surface area contributed by atoms with Gasteiger partial charge in [0.15, 0.2) is 0 Å². The Bertz CT molecular complexity index is 469. The van der Waals surface area contributed by atoms with Gasteiger partial charge in [0.1, 0.15) is 5.75 Å². The molecule has 1 amide bonds. The minimum Gasteiger partial charge on any atom is -0.497 e. The average Bonchev–Trinajstić information content (AvgIpc) is 3.35. The smallest absolute Gasteiger partial charge is 0.223 e. The molecule has 3 unspecified atom stereocenters. The van der Waals surface area contributed by atoms with Crippen LogP contribution >= 0.6 is 0 Å². The number of hydrogen-bond donors (Lipinski definition) is 1. The molecule has 1 aromatic carbocycles. The van der Waals surface area contributed by atoms with E-state index in [1.165, 1.54) is 24.8 Å². The second kappa shape index (κ2) is 8.21. The number of nitrogens with one attached hydrogen (secondary N) is 1. The van der Waals surface area contributed by atoms with E-state index in [9.17, 15) is 4.79 Å². The Hall–Kier alpha value is -1.51. The monoisotopic (exact) mass is 303 g/mol. The van der Waals surface area contributed by atoms with Gasteiger partial charge in [0.2, 0.25) is 5.91 Å². The van der Waals surface area contributed by atoms with E-state index in [2.05, 4.69) is 31.3 Å². The van der Waals surface area contributed by atoms with E-state index < -0.39 is 0 Å². The fraction of sp³-hybridized carbons (Fsp3) is 0.632. The van der Waals surface area contributed by atoms with Gasteiger partial charge in [-0.25, -0.2) is 0 Å². The van der Waals surface area contributed by atoms with Crippen LogP contribution in [-0.4, -0.2) is 19.1 Å². The van der Waals surface area contributed by atoms with Gasteiger partial charge in [0.25, 0.3) is 0 Å². The van der Waals surface area contributed by atoms with Crippen LogP contribution in [0.1, 0.15) is 63.9 Å². The number of amides is 1. The first kappa shape index (κ1) is 16.9. The van der Waals surface area contributed by atoms with Gasteiger partial charge in [-0.15, -0.1) is 0 Å². The van der Waals surface area contributed by atoms with E-state index in [0.29, 0.717) is 12.0 Å². The van der Waals surface area contributed by atoms with Gasteiger partial charge in [-0.2, -0.15) is 0 Å². The van der Waals surface area contributed by atoms with E-state index in [1.54, 1.807) is 7.11 Å². The summed E-state index contributed by atoms with van der Waals surface area (Å²) in [6.45, 7) is 4.37. The van der Waals surface area contributed by atoms with Crippen molar-refractivity contribution in [1.29, 1.82) is 0 Å². The number of rotatable bonds is 9. The quantitative estimate of drug-likeness (QED) is 0.692. The van der Waals surface area contributed by atoms with E-state index in [4.69, 9.17) is 4.74 Å². The molecule has 0 heterocycles. The fourth-order valence-electron chi connectivity index (χ4n) is 3.03. The van der Waals surface area contributed by atoms with Gasteiger partial charge >= 0.3 is 0 Å². The SMILES string of the molecule is CCCCCC(CC)NC(=O)C1CC1c1ccc(OC)cc1. The standard InChI is InChI=1S/C19H29NO2/c1-4-6-7-8-15(5-2)20-19(21)18-13-17(18)14-9-11-16(22-3)12-10-14/h9-12,15,17-18H,4-8,13H2,1-3H3,(H,20,21). The first-order chi connectivity index (χ1) is 10.7. The lowest BCUT2D eigenvalue weighted by Crippen LogP contribution is -2.35. The Kier molecular flexibility index (Phi) is 6.29. The number of hydrogen-bond acceptors (Lipinski definition) is 2. The first-order valence-electron chi connectivity index (χ1n) is 8.63. The van der Waals surface area contributed by atoms with Crippen molar-refractivity contribution in [3.8, 4) is 5.75 Å². The van der Waals surface area contributed by atoms with E-state index >= 15 is 0 Å². The van der Waals surface area contributed by atoms with Gasteiger partial charge in [0, 0.05) is 12.0 Å². The molecule has 1 fully saturated rings. The van der Waals surface area contributed by atoms with Crippen LogP contribution < -0.4 is 10.1 Å². The van der Waals surface area contributed by atoms with Crippen LogP contribution in [0.5, 0.6) is 5.75 Å². The maximum Gasteiger partial charge on any atom is 0.223 e. The number of unbranched alkanes of at least 4 members (excludes halogenated alkanes) is 2. The molecule has 0 spiro atoms. The second-order valence-corrected chi connectivity index (χ2v) is 6.33. The molecule has 122 valence electrons. The van der Waals surface area contributed by atoms with Crippen LogP contribution in [0.4, 0.5) is 0 Å². The average molecular weight is 303 g/mol. The minimum atomic E-state index is 0.161. The predicted molar refractivity (Wildman–Crippen MR) is 90.2 cm³/mol. The Balaban J connectivity index is 1.81. The minimum absolute atomic E-state index is 0.161. The van der Waals surface area contributed by atoms with Crippen molar-refractivity contribution in [3.05, 3.63) is 29.8 Å². The molecule has 1 aliphatic carbocycles. The Morgan fingerprint density at radius 2 is 2.00 bits per heavy atom. The van der Waals surface area contributed by atoms with Crippen LogP contribution in [-0.2, 0) is 4.79 Å². The van der Waals surface area contributed by atoms with Gasteiger partial charge < -0.3 is 10.1 Å². The maximum atomic E-state index is 12.4. The molecule has 0 aliphatic heterocycles. The van der Waals surface area contributed by atoms with Gasteiger partial charge in [-0.3, -0.25) is 4.79 Å². The lowest BCUT2D eigenvalue weighted by molar-refractivity contribution is -0.123. The van der Waals surface area contributed by atoms with Crippen molar-refractivity contribution in [3.63, 3.8) is 0 Å². The van der Waals surface area contributed by atoms with Crippen LogP contribution in [0, 0.1) is 5.92 Å². The van der Waals surface area contributed by atoms with Crippen molar-refractivity contribution in [2.75, 3.05) is 7.11 Å². The number of carbonyl (C=O) groups is 1. The molecule has 1 aliphatic rings. The molecule has 1 aromatic rings. The van der Waals surface area contributed by atoms with Crippen LogP contribution in [0.15, 0.2) is 24.3 Å². The zero-order valence-corrected chi connectivity index (χ0v) is 14.1. The summed E-state index contributed by atoms with van der Waals surface area (Å²) in [6, 6.07) is 8.45. The van der Waals surface area contributed by atoms with Gasteiger partial charge in [-0.05, 0) is 42.9 Å². The van der Waals surface area contributed by atoms with Crippen molar-refractivity contribution in [2.24, 2.45) is 5.92 Å². The predicted octanol–water partition coefficient (Wildman–Crippen LogP) is 4.27. The third-order valence-corrected chi connectivity index (χ3v) is 4.67. The molecular formula is C19H29NO2. The lowest BCUT2D eigenvalue weighted by Gasteiger charge is -2.17. The number of carbonyl (C=O) groups excluding carboxylic acids is 1. The summed E-state index contributed by atoms with van der Waals surface area (Å²) in [5.74, 6) is 1.66. The summed E-state index contributed by atoms with van der Waals surface area (Å²) in [7, 11) is 1.67. The highest BCUT2D eigenvalue weighted by atomic mass is 16.5. The summed E-state index contributed by atoms with van der Waals surface area (Å²) < 4.78 is 5.18. The second-order valence-electron chi connectivity index (χ2n) is 6.33. The highest BCUT2D eigenvalue weighted by molar-refractivity contribution is 5.83. The Morgan fingerprint density at radius 1 is 1.27 bits per heavy atom. The highest BCUT2D eigenvalue weighted by Crippen LogP contribution is 2.47. The molecule has 0 radical (unpaired) electrons. The summed E-state index contributed by atoms with van der Waals surface area (Å²) in [4.78, 5) is 12.4.